The van der Waals surface area contributed by atoms with Crippen molar-refractivity contribution in [3.05, 3.63) is 106 Å². The van der Waals surface area contributed by atoms with Crippen LogP contribution in [0.4, 0.5) is 5.69 Å². The molecule has 0 saturated heterocycles. The molecule has 0 aliphatic rings. The van der Waals surface area contributed by atoms with E-state index in [9.17, 15) is 9.59 Å². The highest BCUT2D eigenvalue weighted by Crippen LogP contribution is 2.24. The van der Waals surface area contributed by atoms with Crippen LogP contribution in [-0.2, 0) is 11.2 Å². The number of carbonyl (C=O) groups excluding carboxylic acids is 1. The molecule has 144 valence electrons. The van der Waals surface area contributed by atoms with Gasteiger partial charge < -0.3 is 10.3 Å². The summed E-state index contributed by atoms with van der Waals surface area (Å²) in [5, 5.41) is 3.93. The van der Waals surface area contributed by atoms with Crippen LogP contribution in [-0.4, -0.2) is 15.9 Å². The first-order valence-corrected chi connectivity index (χ1v) is 9.48. The molecule has 4 aromatic rings. The van der Waals surface area contributed by atoms with Crippen LogP contribution in [0.1, 0.15) is 22.6 Å². The fourth-order valence-corrected chi connectivity index (χ4v) is 3.42. The van der Waals surface area contributed by atoms with Gasteiger partial charge in [-0.2, -0.15) is 0 Å². The van der Waals surface area contributed by atoms with Crippen molar-refractivity contribution in [3.63, 3.8) is 0 Å². The molecule has 0 aliphatic heterocycles. The number of hydrogen-bond donors (Lipinski definition) is 2. The monoisotopic (exact) mass is 383 g/mol. The number of H-pyrrole nitrogens is 1. The third kappa shape index (κ3) is 4.24. The van der Waals surface area contributed by atoms with Crippen molar-refractivity contribution in [3.8, 4) is 0 Å². The van der Waals surface area contributed by atoms with Crippen LogP contribution in [0.2, 0.25) is 0 Å². The van der Waals surface area contributed by atoms with E-state index in [0.29, 0.717) is 23.2 Å². The summed E-state index contributed by atoms with van der Waals surface area (Å²) >= 11 is 0. The van der Waals surface area contributed by atoms with Gasteiger partial charge in [0.25, 0.3) is 5.56 Å². The molecule has 5 heteroatoms. The highest BCUT2D eigenvalue weighted by molar-refractivity contribution is 5.97. The summed E-state index contributed by atoms with van der Waals surface area (Å²) in [5.41, 5.74) is 3.82. The predicted molar refractivity (Wildman–Crippen MR) is 115 cm³/mol. The fourth-order valence-electron chi connectivity index (χ4n) is 3.42. The van der Waals surface area contributed by atoms with Gasteiger partial charge >= 0.3 is 0 Å². The molecule has 2 N–H and O–H groups in total. The quantitative estimate of drug-likeness (QED) is 0.542. The Morgan fingerprint density at radius 2 is 1.90 bits per heavy atom. The normalized spacial score (nSPS) is 11.9. The van der Waals surface area contributed by atoms with Crippen molar-refractivity contribution >= 4 is 22.5 Å². The van der Waals surface area contributed by atoms with Gasteiger partial charge in [0.1, 0.15) is 0 Å². The van der Waals surface area contributed by atoms with Gasteiger partial charge in [-0.15, -0.1) is 0 Å². The molecular formula is C24H21N3O2. The van der Waals surface area contributed by atoms with Crippen LogP contribution in [0.25, 0.3) is 10.9 Å². The van der Waals surface area contributed by atoms with Crippen LogP contribution in [0.15, 0.2) is 83.9 Å². The number of hydrogen-bond acceptors (Lipinski definition) is 3. The van der Waals surface area contributed by atoms with Gasteiger partial charge in [0.15, 0.2) is 0 Å². The molecule has 4 rings (SSSR count). The molecule has 0 spiro atoms. The number of amides is 1. The summed E-state index contributed by atoms with van der Waals surface area (Å²) in [7, 11) is 0. The van der Waals surface area contributed by atoms with Gasteiger partial charge in [0.2, 0.25) is 5.91 Å². The van der Waals surface area contributed by atoms with E-state index in [1.165, 1.54) is 0 Å². The minimum Gasteiger partial charge on any atom is -0.325 e. The molecule has 0 bridgehead atoms. The summed E-state index contributed by atoms with van der Waals surface area (Å²) in [6, 6.07) is 20.9. The van der Waals surface area contributed by atoms with E-state index in [1.54, 1.807) is 25.4 Å². The third-order valence-electron chi connectivity index (χ3n) is 4.98. The SMILES string of the molecule is Cc1cc2ccc(NC(=O)C(Cc3cccnc3)c3ccccc3)cc2[nH]c1=O. The van der Waals surface area contributed by atoms with Gasteiger partial charge in [-0.3, -0.25) is 14.6 Å². The summed E-state index contributed by atoms with van der Waals surface area (Å²) in [4.78, 5) is 32.1. The smallest absolute Gasteiger partial charge is 0.251 e. The molecule has 1 unspecified atom stereocenters. The minimum absolute atomic E-state index is 0.103. The van der Waals surface area contributed by atoms with E-state index in [1.807, 2.05) is 60.7 Å². The van der Waals surface area contributed by atoms with Crippen LogP contribution < -0.4 is 10.9 Å². The van der Waals surface area contributed by atoms with Crippen LogP contribution >= 0.6 is 0 Å². The van der Waals surface area contributed by atoms with E-state index in [2.05, 4.69) is 15.3 Å². The second-order valence-corrected chi connectivity index (χ2v) is 7.10. The lowest BCUT2D eigenvalue weighted by Crippen LogP contribution is -2.23. The zero-order valence-electron chi connectivity index (χ0n) is 16.1. The lowest BCUT2D eigenvalue weighted by atomic mass is 9.91. The summed E-state index contributed by atoms with van der Waals surface area (Å²) in [5.74, 6) is -0.456. The first kappa shape index (κ1) is 18.6. The lowest BCUT2D eigenvalue weighted by Gasteiger charge is -2.18. The predicted octanol–water partition coefficient (Wildman–Crippen LogP) is 4.20. The standard InChI is InChI=1S/C24H21N3O2/c1-16-12-19-9-10-20(14-22(19)27-23(16)28)26-24(29)21(18-7-3-2-4-8-18)13-17-6-5-11-25-15-17/h2-12,14-15,21H,13H2,1H3,(H,26,29)(H,27,28). The molecule has 1 amide bonds. The van der Waals surface area contributed by atoms with Crippen molar-refractivity contribution in [1.82, 2.24) is 9.97 Å². The van der Waals surface area contributed by atoms with E-state index in [-0.39, 0.29) is 17.4 Å². The van der Waals surface area contributed by atoms with Gasteiger partial charge in [0.05, 0.1) is 11.4 Å². The van der Waals surface area contributed by atoms with E-state index >= 15 is 0 Å². The Kier molecular flexibility index (Phi) is 5.20. The molecule has 0 fully saturated rings. The number of aromatic amines is 1. The molecule has 29 heavy (non-hydrogen) atoms. The number of nitrogens with one attached hydrogen (secondary N) is 2. The third-order valence-corrected chi connectivity index (χ3v) is 4.98. The zero-order chi connectivity index (χ0) is 20.2. The van der Waals surface area contributed by atoms with E-state index in [0.717, 1.165) is 16.5 Å². The topological polar surface area (TPSA) is 74.8 Å². The van der Waals surface area contributed by atoms with E-state index in [4.69, 9.17) is 0 Å². The molecule has 0 aliphatic carbocycles. The Morgan fingerprint density at radius 1 is 1.07 bits per heavy atom. The summed E-state index contributed by atoms with van der Waals surface area (Å²) in [6.45, 7) is 1.77. The van der Waals surface area contributed by atoms with Crippen LogP contribution in [0, 0.1) is 6.92 Å². The second-order valence-electron chi connectivity index (χ2n) is 7.10. The molecule has 2 aromatic heterocycles. The van der Waals surface area contributed by atoms with Crippen molar-refractivity contribution in [2.75, 3.05) is 5.32 Å². The van der Waals surface area contributed by atoms with Gasteiger partial charge in [0, 0.05) is 23.6 Å². The number of pyridine rings is 2. The number of nitrogens with zero attached hydrogens (tertiary/aromatic N) is 1. The average molecular weight is 383 g/mol. The maximum Gasteiger partial charge on any atom is 0.251 e. The molecule has 2 aromatic carbocycles. The van der Waals surface area contributed by atoms with Crippen molar-refractivity contribution in [2.24, 2.45) is 0 Å². The van der Waals surface area contributed by atoms with Crippen molar-refractivity contribution in [2.45, 2.75) is 19.3 Å². The maximum absolute atomic E-state index is 13.2. The van der Waals surface area contributed by atoms with Gasteiger partial charge in [-0.25, -0.2) is 0 Å². The van der Waals surface area contributed by atoms with E-state index < -0.39 is 0 Å². The number of anilines is 1. The summed E-state index contributed by atoms with van der Waals surface area (Å²) in [6.07, 6.45) is 4.05. The highest BCUT2D eigenvalue weighted by Gasteiger charge is 2.21. The van der Waals surface area contributed by atoms with Crippen LogP contribution in [0.3, 0.4) is 0 Å². The molecule has 0 radical (unpaired) electrons. The zero-order valence-corrected chi connectivity index (χ0v) is 16.1. The number of fused-ring (bicyclic) bond motifs is 1. The minimum atomic E-state index is -0.354. The number of benzene rings is 2. The number of aryl methyl sites for hydroxylation is 1. The van der Waals surface area contributed by atoms with Gasteiger partial charge in [-0.05, 0) is 54.1 Å². The lowest BCUT2D eigenvalue weighted by molar-refractivity contribution is -0.117. The first-order valence-electron chi connectivity index (χ1n) is 9.48. The molecular weight excluding hydrogens is 362 g/mol. The Labute approximate surface area is 168 Å². The summed E-state index contributed by atoms with van der Waals surface area (Å²) < 4.78 is 0. The second kappa shape index (κ2) is 8.10. The van der Waals surface area contributed by atoms with Crippen molar-refractivity contribution < 1.29 is 4.79 Å². The maximum atomic E-state index is 13.2. The van der Waals surface area contributed by atoms with Gasteiger partial charge in [-0.1, -0.05) is 42.5 Å². The Balaban J connectivity index is 1.63. The molecule has 1 atom stereocenters. The Bertz CT molecular complexity index is 1200. The first-order chi connectivity index (χ1) is 14.1. The molecule has 5 nitrogen and oxygen atoms in total. The number of rotatable bonds is 5. The fraction of sp³-hybridized carbons (Fsp3) is 0.125. The van der Waals surface area contributed by atoms with Crippen LogP contribution in [0.5, 0.6) is 0 Å². The Morgan fingerprint density at radius 3 is 2.66 bits per heavy atom. The number of aromatic nitrogens is 2. The Hall–Kier alpha value is -3.73. The highest BCUT2D eigenvalue weighted by atomic mass is 16.2. The molecule has 2 heterocycles. The largest absolute Gasteiger partial charge is 0.325 e. The number of carbonyl (C=O) groups is 1. The van der Waals surface area contributed by atoms with Crippen molar-refractivity contribution in [1.29, 1.82) is 0 Å². The molecule has 0 saturated carbocycles. The average Bonchev–Trinajstić information content (AvgIpc) is 2.74.